The molecule has 5 aromatic carbocycles. The van der Waals surface area contributed by atoms with Crippen molar-refractivity contribution in [1.29, 1.82) is 0 Å². The Morgan fingerprint density at radius 3 is 1.48 bits per heavy atom. The van der Waals surface area contributed by atoms with Crippen molar-refractivity contribution >= 4 is 65.1 Å². The highest BCUT2D eigenvalue weighted by Gasteiger charge is 2.28. The molecule has 2 aliphatic rings. The van der Waals surface area contributed by atoms with Crippen LogP contribution in [-0.2, 0) is 10.1 Å². The number of fused-ring (bicyclic) bond motifs is 8. The maximum Gasteiger partial charge on any atom is 0.264 e. The fraction of sp³-hybridized carbons (Fsp3) is 0.167. The molecule has 2 aromatic heterocycles. The van der Waals surface area contributed by atoms with Crippen molar-refractivity contribution in [3.63, 3.8) is 0 Å². The summed E-state index contributed by atoms with van der Waals surface area (Å²) in [6.45, 7) is 3.50. The van der Waals surface area contributed by atoms with Crippen LogP contribution in [0.4, 0.5) is 11.4 Å². The van der Waals surface area contributed by atoms with E-state index >= 15 is 0 Å². The van der Waals surface area contributed by atoms with Crippen LogP contribution in [0.15, 0.2) is 72.8 Å². The largest absolute Gasteiger partial charge is 0.385 e. The lowest BCUT2D eigenvalue weighted by atomic mass is 10.0. The van der Waals surface area contributed by atoms with Crippen molar-refractivity contribution in [3.05, 3.63) is 72.8 Å². The van der Waals surface area contributed by atoms with Crippen LogP contribution in [0.25, 0.3) is 88.6 Å². The molecule has 0 fully saturated rings. The lowest BCUT2D eigenvalue weighted by molar-refractivity contribution is 0.481. The highest BCUT2D eigenvalue weighted by atomic mass is 32.2. The quantitative estimate of drug-likeness (QED) is 0.0885. The average Bonchev–Trinajstić information content (AvgIpc) is 3.53. The van der Waals surface area contributed by atoms with E-state index in [9.17, 15) is 8.42 Å². The van der Waals surface area contributed by atoms with E-state index in [2.05, 4.69) is 54.0 Å². The first-order valence-electron chi connectivity index (χ1n) is 15.5. The maximum absolute atomic E-state index is 11.1. The Labute approximate surface area is 264 Å². The van der Waals surface area contributed by atoms with Crippen molar-refractivity contribution in [2.24, 2.45) is 0 Å². The van der Waals surface area contributed by atoms with Gasteiger partial charge in [0.05, 0.1) is 50.6 Å². The van der Waals surface area contributed by atoms with Crippen LogP contribution >= 0.6 is 0 Å². The molecule has 0 saturated heterocycles. The zero-order valence-electron chi connectivity index (χ0n) is 24.9. The van der Waals surface area contributed by atoms with Crippen LogP contribution in [0.1, 0.15) is 19.8 Å². The summed E-state index contributed by atoms with van der Waals surface area (Å²) in [5.41, 5.74) is 12.7. The first-order valence-corrected chi connectivity index (χ1v) is 17.1. The molecule has 0 atom stereocenters. The molecule has 46 heavy (non-hydrogen) atoms. The summed E-state index contributed by atoms with van der Waals surface area (Å²) in [5.74, 6) is -0.284. The number of nitrogens with one attached hydrogen (secondary N) is 2. The van der Waals surface area contributed by atoms with Crippen molar-refractivity contribution in [2.45, 2.75) is 19.8 Å². The molecule has 10 heteroatoms. The maximum atomic E-state index is 11.1. The Balaban J connectivity index is 1.14. The molecule has 2 aliphatic carbocycles. The van der Waals surface area contributed by atoms with Crippen LogP contribution in [0.3, 0.4) is 0 Å². The summed E-state index contributed by atoms with van der Waals surface area (Å²) in [6, 6.07) is 24.8. The van der Waals surface area contributed by atoms with Crippen LogP contribution in [0, 0.1) is 0 Å². The van der Waals surface area contributed by atoms with Crippen molar-refractivity contribution in [2.75, 3.05) is 29.5 Å². The van der Waals surface area contributed by atoms with Crippen LogP contribution in [0.5, 0.6) is 0 Å². The van der Waals surface area contributed by atoms with Crippen LogP contribution in [-0.4, -0.2) is 51.7 Å². The van der Waals surface area contributed by atoms with Gasteiger partial charge < -0.3 is 10.6 Å². The molecule has 0 amide bonds. The minimum atomic E-state index is -3.99. The zero-order chi connectivity index (χ0) is 31.2. The van der Waals surface area contributed by atoms with Gasteiger partial charge in [-0.2, -0.15) is 8.42 Å². The number of aromatic nitrogens is 4. The molecule has 2 heterocycles. The summed E-state index contributed by atoms with van der Waals surface area (Å²) in [7, 11) is -3.99. The zero-order valence-corrected chi connectivity index (χ0v) is 25.7. The summed E-state index contributed by atoms with van der Waals surface area (Å²) < 4.78 is 31.4. The molecule has 3 N–H and O–H groups in total. The van der Waals surface area contributed by atoms with Gasteiger partial charge in [0.25, 0.3) is 10.1 Å². The molecule has 0 aliphatic heterocycles. The topological polar surface area (TPSA) is 130 Å². The predicted octanol–water partition coefficient (Wildman–Crippen LogP) is 7.69. The van der Waals surface area contributed by atoms with E-state index in [1.165, 1.54) is 10.8 Å². The lowest BCUT2D eigenvalue weighted by Gasteiger charge is -2.11. The van der Waals surface area contributed by atoms with Gasteiger partial charge in [0.2, 0.25) is 0 Å². The fourth-order valence-corrected chi connectivity index (χ4v) is 7.52. The number of hydrogen-bond donors (Lipinski definition) is 3. The SMILES string of the molecule is CCCNc1ccc2c3c(cccc13)-c1nc3cc4nc5c(nc4cc3nc1-2)-c1cccc2c(NCCCS(=O)(=O)O)ccc-5c12. The van der Waals surface area contributed by atoms with E-state index in [0.717, 1.165) is 102 Å². The fourth-order valence-electron chi connectivity index (χ4n) is 7.01. The Morgan fingerprint density at radius 2 is 1.04 bits per heavy atom. The number of rotatable bonds is 8. The van der Waals surface area contributed by atoms with E-state index in [0.29, 0.717) is 13.0 Å². The van der Waals surface area contributed by atoms with Gasteiger partial charge in [-0.15, -0.1) is 0 Å². The molecule has 0 saturated carbocycles. The highest BCUT2D eigenvalue weighted by Crippen LogP contribution is 2.49. The molecular weight excluding hydrogens is 597 g/mol. The number of nitrogens with zero attached hydrogens (tertiary/aromatic N) is 4. The van der Waals surface area contributed by atoms with Crippen molar-refractivity contribution < 1.29 is 13.0 Å². The van der Waals surface area contributed by atoms with Crippen LogP contribution < -0.4 is 10.6 Å². The van der Waals surface area contributed by atoms with Crippen LogP contribution in [0.2, 0.25) is 0 Å². The first-order chi connectivity index (χ1) is 22.4. The number of hydrogen-bond acceptors (Lipinski definition) is 8. The Kier molecular flexibility index (Phi) is 5.84. The average molecular weight is 625 g/mol. The van der Waals surface area contributed by atoms with E-state index in [1.54, 1.807) is 0 Å². The van der Waals surface area contributed by atoms with Gasteiger partial charge in [-0.1, -0.05) is 55.5 Å². The second-order valence-electron chi connectivity index (χ2n) is 11.9. The molecule has 0 spiro atoms. The molecule has 0 bridgehead atoms. The lowest BCUT2D eigenvalue weighted by Crippen LogP contribution is -2.10. The van der Waals surface area contributed by atoms with Crippen molar-refractivity contribution in [1.82, 2.24) is 19.9 Å². The Bertz CT molecular complexity index is 2480. The summed E-state index contributed by atoms with van der Waals surface area (Å²) >= 11 is 0. The molecule has 0 radical (unpaired) electrons. The second-order valence-corrected chi connectivity index (χ2v) is 13.5. The van der Waals surface area contributed by atoms with Gasteiger partial charge in [-0.05, 0) is 37.1 Å². The monoisotopic (exact) mass is 624 g/mol. The molecule has 0 unspecified atom stereocenters. The molecule has 226 valence electrons. The Morgan fingerprint density at radius 1 is 0.609 bits per heavy atom. The highest BCUT2D eigenvalue weighted by molar-refractivity contribution is 7.85. The Hall–Kier alpha value is -5.19. The molecule has 7 aromatic rings. The van der Waals surface area contributed by atoms with Gasteiger partial charge >= 0.3 is 0 Å². The number of anilines is 2. The third-order valence-electron chi connectivity index (χ3n) is 9.01. The number of benzene rings is 5. The summed E-state index contributed by atoms with van der Waals surface area (Å²) in [5, 5.41) is 11.3. The van der Waals surface area contributed by atoms with E-state index < -0.39 is 10.1 Å². The van der Waals surface area contributed by atoms with E-state index in [1.807, 2.05) is 36.4 Å². The van der Waals surface area contributed by atoms with E-state index in [-0.39, 0.29) is 5.75 Å². The standard InChI is InChI=1S/C36H28N6O3S/c1-2-14-37-25-12-10-23-31-19(25)6-3-8-21(31)33-35(23)41-29-18-28-30(17-27(29)39-33)42-36-24-11-13-26(38-15-5-16-46(43,44)45)20-7-4-9-22(32(20)24)34(36)40-28/h3-4,6-13,17-18,37-38H,2,5,14-16H2,1H3,(H,43,44,45). The van der Waals surface area contributed by atoms with Gasteiger partial charge in [0.15, 0.2) is 0 Å². The minimum Gasteiger partial charge on any atom is -0.385 e. The molecule has 9 nitrogen and oxygen atoms in total. The third-order valence-corrected chi connectivity index (χ3v) is 9.82. The smallest absolute Gasteiger partial charge is 0.264 e. The summed E-state index contributed by atoms with van der Waals surface area (Å²) in [4.78, 5) is 20.6. The van der Waals surface area contributed by atoms with Gasteiger partial charge in [0.1, 0.15) is 0 Å². The third kappa shape index (κ3) is 4.07. The van der Waals surface area contributed by atoms with Gasteiger partial charge in [-0.3, -0.25) is 4.55 Å². The molecular formula is C36H28N6O3S. The van der Waals surface area contributed by atoms with Gasteiger partial charge in [-0.25, -0.2) is 19.9 Å². The predicted molar refractivity (Wildman–Crippen MR) is 185 cm³/mol. The summed E-state index contributed by atoms with van der Waals surface area (Å²) in [6.07, 6.45) is 1.35. The van der Waals surface area contributed by atoms with E-state index in [4.69, 9.17) is 24.5 Å². The van der Waals surface area contributed by atoms with Gasteiger partial charge in [0, 0.05) is 68.3 Å². The minimum absolute atomic E-state index is 0.284. The van der Waals surface area contributed by atoms with Crippen molar-refractivity contribution in [3.8, 4) is 45.0 Å². The first kappa shape index (κ1) is 27.1. The second kappa shape index (κ2) is 9.90. The normalized spacial score (nSPS) is 12.7. The molecule has 9 rings (SSSR count).